The second-order valence-electron chi connectivity index (χ2n) is 15.8. The molecule has 0 saturated heterocycles. The molecule has 0 spiro atoms. The van der Waals surface area contributed by atoms with E-state index in [-0.39, 0.29) is 21.5 Å². The first kappa shape index (κ1) is 35.6. The Labute approximate surface area is 344 Å². The topological polar surface area (TPSA) is 9.86 Å². The number of aromatic nitrogens is 2. The second kappa shape index (κ2) is 12.4. The maximum absolute atomic E-state index is 15.4. The van der Waals surface area contributed by atoms with Gasteiger partial charge in [0, 0.05) is 44.0 Å². The van der Waals surface area contributed by atoms with Crippen LogP contribution in [0.25, 0.3) is 98.8 Å². The van der Waals surface area contributed by atoms with Crippen LogP contribution >= 0.6 is 0 Å². The Morgan fingerprint density at radius 3 is 1.28 bits per heavy atom. The zero-order chi connectivity index (χ0) is 41.4. The lowest BCUT2D eigenvalue weighted by Gasteiger charge is -2.23. The molecule has 9 aromatic carbocycles. The van der Waals surface area contributed by atoms with Crippen LogP contribution in [0.3, 0.4) is 0 Å². The summed E-state index contributed by atoms with van der Waals surface area (Å²) in [5.41, 5.74) is 7.04. The lowest BCUT2D eigenvalue weighted by Crippen LogP contribution is -2.43. The van der Waals surface area contributed by atoms with Gasteiger partial charge in [-0.2, -0.15) is 26.3 Å². The molecule has 0 unspecified atom stereocenters. The van der Waals surface area contributed by atoms with Gasteiger partial charge in [0.1, 0.15) is 0 Å². The maximum Gasteiger partial charge on any atom is 0.380 e. The van der Waals surface area contributed by atoms with E-state index < -0.39 is 28.9 Å². The third-order valence-corrected chi connectivity index (χ3v) is 12.6. The minimum atomic E-state index is -5.59. The van der Waals surface area contributed by atoms with Crippen molar-refractivity contribution in [3.63, 3.8) is 0 Å². The summed E-state index contributed by atoms with van der Waals surface area (Å²) in [7, 11) is 0. The van der Waals surface area contributed by atoms with Crippen molar-refractivity contribution >= 4 is 65.2 Å². The monoisotopic (exact) mass is 808 g/mol. The van der Waals surface area contributed by atoms with E-state index in [0.29, 0.717) is 5.56 Å². The molecule has 12 rings (SSSR count). The summed E-state index contributed by atoms with van der Waals surface area (Å²) in [5, 5.41) is 4.20. The van der Waals surface area contributed by atoms with Crippen LogP contribution in [0.4, 0.5) is 26.3 Å². The van der Waals surface area contributed by atoms with Gasteiger partial charge in [-0.05, 0) is 111 Å². The van der Waals surface area contributed by atoms with Crippen LogP contribution in [-0.4, -0.2) is 15.1 Å². The minimum absolute atomic E-state index is 0.192. The average Bonchev–Trinajstić information content (AvgIpc) is 3.84. The normalized spacial score (nSPS) is 15.4. The Morgan fingerprint density at radius 1 is 0.279 bits per heavy atom. The predicted octanol–water partition coefficient (Wildman–Crippen LogP) is 15.4. The van der Waals surface area contributed by atoms with Crippen LogP contribution in [-0.2, 0) is 11.8 Å². The van der Waals surface area contributed by atoms with Gasteiger partial charge in [0.05, 0.1) is 22.1 Å². The van der Waals surface area contributed by atoms with Crippen LogP contribution < -0.4 is 0 Å². The molecule has 1 aliphatic rings. The number of nitrogens with zero attached hydrogens (tertiary/aromatic N) is 2. The Kier molecular flexibility index (Phi) is 7.22. The van der Waals surface area contributed by atoms with E-state index >= 15 is 17.6 Å². The number of hydrogen-bond donors (Lipinski definition) is 0. The van der Waals surface area contributed by atoms with E-state index in [1.54, 1.807) is 12.1 Å². The molecule has 0 saturated carbocycles. The molecule has 0 atom stereocenters. The average molecular weight is 809 g/mol. The SMILES string of the molecule is FC1(F)c2c(c3ccc(-c4cccc(-n5c6ccccc6c6cc(-c7ccc8c(c7)c7ccccc7n8-c7ccccc7)ccc65)c4)cc3c3ccccc23)C(F)(F)C1(F)F. The van der Waals surface area contributed by atoms with Gasteiger partial charge in [-0.1, -0.05) is 115 Å². The summed E-state index contributed by atoms with van der Waals surface area (Å²) in [6.07, 6.45) is 0. The van der Waals surface area contributed by atoms with Gasteiger partial charge in [0.15, 0.2) is 0 Å². The quantitative estimate of drug-likeness (QED) is 0.124. The molecule has 0 fully saturated rings. The van der Waals surface area contributed by atoms with Gasteiger partial charge in [0.2, 0.25) is 0 Å². The predicted molar refractivity (Wildman–Crippen MR) is 234 cm³/mol. The fourth-order valence-electron chi connectivity index (χ4n) is 9.80. The highest BCUT2D eigenvalue weighted by molar-refractivity contribution is 6.14. The lowest BCUT2D eigenvalue weighted by molar-refractivity contribution is -0.301. The molecule has 2 heterocycles. The highest BCUT2D eigenvalue weighted by atomic mass is 19.3. The fourth-order valence-corrected chi connectivity index (χ4v) is 9.80. The molecular formula is C53H30F6N2. The van der Waals surface area contributed by atoms with Gasteiger partial charge in [-0.3, -0.25) is 0 Å². The van der Waals surface area contributed by atoms with Crippen molar-refractivity contribution in [2.45, 2.75) is 17.8 Å². The molecule has 11 aromatic rings. The fraction of sp³-hybridized carbons (Fsp3) is 0.0566. The van der Waals surface area contributed by atoms with E-state index in [4.69, 9.17) is 0 Å². The molecule has 0 amide bonds. The van der Waals surface area contributed by atoms with Crippen molar-refractivity contribution in [3.8, 4) is 33.6 Å². The summed E-state index contributed by atoms with van der Waals surface area (Å²) >= 11 is 0. The molecule has 294 valence electrons. The molecule has 0 radical (unpaired) electrons. The summed E-state index contributed by atoms with van der Waals surface area (Å²) in [6.45, 7) is 0. The molecule has 61 heavy (non-hydrogen) atoms. The highest BCUT2D eigenvalue weighted by Crippen LogP contribution is 2.66. The maximum atomic E-state index is 15.4. The second-order valence-corrected chi connectivity index (χ2v) is 15.8. The first-order valence-corrected chi connectivity index (χ1v) is 19.9. The molecule has 2 aromatic heterocycles. The van der Waals surface area contributed by atoms with Crippen molar-refractivity contribution in [1.29, 1.82) is 0 Å². The Morgan fingerprint density at radius 2 is 0.689 bits per heavy atom. The van der Waals surface area contributed by atoms with Crippen LogP contribution in [0, 0.1) is 0 Å². The lowest BCUT2D eigenvalue weighted by atomic mass is 9.90. The molecule has 0 bridgehead atoms. The number of para-hydroxylation sites is 3. The van der Waals surface area contributed by atoms with Crippen LogP contribution in [0.5, 0.6) is 0 Å². The number of benzene rings is 9. The van der Waals surface area contributed by atoms with Gasteiger partial charge < -0.3 is 9.13 Å². The zero-order valence-corrected chi connectivity index (χ0v) is 32.0. The van der Waals surface area contributed by atoms with E-state index in [1.165, 1.54) is 35.7 Å². The molecule has 0 N–H and O–H groups in total. The van der Waals surface area contributed by atoms with Gasteiger partial charge in [-0.15, -0.1) is 0 Å². The van der Waals surface area contributed by atoms with Gasteiger partial charge in [0.25, 0.3) is 0 Å². The van der Waals surface area contributed by atoms with Crippen LogP contribution in [0.1, 0.15) is 11.1 Å². The van der Waals surface area contributed by atoms with E-state index in [1.807, 2.05) is 54.6 Å². The zero-order valence-electron chi connectivity index (χ0n) is 32.0. The standard InChI is InChI=1S/C53H30F6N2/c54-51(55)49-40-18-5-4-15-37(40)42-28-32(21-24-41(42)50(49)52(56,57)53(51,58)59)31-11-10-14-36(27-31)61-46-20-9-7-17-39(46)44-30-34(23-26-48(44)61)33-22-25-47-43(29-33)38-16-6-8-19-45(38)60(47)35-12-2-1-3-13-35/h1-30H. The molecule has 2 nitrogen and oxygen atoms in total. The van der Waals surface area contributed by atoms with Crippen molar-refractivity contribution in [2.75, 3.05) is 0 Å². The Balaban J connectivity index is 0.996. The number of alkyl halides is 6. The third kappa shape index (κ3) is 4.76. The number of rotatable bonds is 4. The van der Waals surface area contributed by atoms with Gasteiger partial charge in [-0.25, -0.2) is 0 Å². The summed E-state index contributed by atoms with van der Waals surface area (Å²) in [6, 6.07) is 58.0. The van der Waals surface area contributed by atoms with Crippen molar-refractivity contribution in [2.24, 2.45) is 0 Å². The van der Waals surface area contributed by atoms with Crippen molar-refractivity contribution in [3.05, 3.63) is 193 Å². The van der Waals surface area contributed by atoms with Crippen LogP contribution in [0.2, 0.25) is 0 Å². The summed E-state index contributed by atoms with van der Waals surface area (Å²) in [4.78, 5) is 0. The molecule has 8 heteroatoms. The van der Waals surface area contributed by atoms with Crippen LogP contribution in [0.15, 0.2) is 182 Å². The van der Waals surface area contributed by atoms with Gasteiger partial charge >= 0.3 is 17.8 Å². The highest BCUT2D eigenvalue weighted by Gasteiger charge is 2.80. The van der Waals surface area contributed by atoms with E-state index in [0.717, 1.165) is 66.3 Å². The first-order valence-electron chi connectivity index (χ1n) is 19.9. The van der Waals surface area contributed by atoms with E-state index in [2.05, 4.69) is 94.1 Å². The van der Waals surface area contributed by atoms with E-state index in [9.17, 15) is 8.78 Å². The number of hydrogen-bond acceptors (Lipinski definition) is 0. The first-order chi connectivity index (χ1) is 29.5. The van der Waals surface area contributed by atoms with Crippen molar-refractivity contribution < 1.29 is 26.3 Å². The Hall–Kier alpha value is -7.32. The third-order valence-electron chi connectivity index (χ3n) is 12.6. The van der Waals surface area contributed by atoms with Crippen molar-refractivity contribution in [1.82, 2.24) is 9.13 Å². The molecule has 1 aliphatic carbocycles. The molecular weight excluding hydrogens is 779 g/mol. The minimum Gasteiger partial charge on any atom is -0.309 e. The molecule has 0 aliphatic heterocycles. The largest absolute Gasteiger partial charge is 0.380 e. The number of halogens is 6. The smallest absolute Gasteiger partial charge is 0.309 e. The summed E-state index contributed by atoms with van der Waals surface area (Å²) < 4.78 is 95.6. The Bertz CT molecular complexity index is 3640. The summed E-state index contributed by atoms with van der Waals surface area (Å²) in [5.74, 6) is -15.7. The number of fused-ring (bicyclic) bond motifs is 12.